The van der Waals surface area contributed by atoms with Gasteiger partial charge in [0.2, 0.25) is 0 Å². The van der Waals surface area contributed by atoms with Gasteiger partial charge in [0.15, 0.2) is 0 Å². The highest BCUT2D eigenvalue weighted by Crippen LogP contribution is 2.13. The maximum absolute atomic E-state index is 12.2. The summed E-state index contributed by atoms with van der Waals surface area (Å²) in [4.78, 5) is 14.7. The standard InChI is InChI=1S/C17H30N4O/c1-14(12-20-8-6-5-7-9-20)10-18-16(22)15-11-19-21(13-15)17(2,3)4/h11,13-14H,5-10,12H2,1-4H3,(H,18,22)/t14-/m1/s1. The number of piperidine rings is 1. The molecule has 2 rings (SSSR count). The number of amides is 1. The number of carbonyl (C=O) groups is 1. The normalized spacial score (nSPS) is 18.2. The van der Waals surface area contributed by atoms with Gasteiger partial charge in [-0.25, -0.2) is 0 Å². The highest BCUT2D eigenvalue weighted by atomic mass is 16.1. The number of aromatic nitrogens is 2. The molecule has 124 valence electrons. The molecule has 2 heterocycles. The molecular formula is C17H30N4O. The van der Waals surface area contributed by atoms with E-state index < -0.39 is 0 Å². The molecule has 0 aromatic carbocycles. The van der Waals surface area contributed by atoms with Gasteiger partial charge in [0, 0.05) is 19.3 Å². The van der Waals surface area contributed by atoms with Crippen molar-refractivity contribution in [2.24, 2.45) is 5.92 Å². The van der Waals surface area contributed by atoms with Crippen molar-refractivity contribution in [3.63, 3.8) is 0 Å². The second kappa shape index (κ2) is 7.27. The van der Waals surface area contributed by atoms with Gasteiger partial charge in [0.25, 0.3) is 5.91 Å². The molecule has 1 saturated heterocycles. The summed E-state index contributed by atoms with van der Waals surface area (Å²) in [6.07, 6.45) is 7.45. The fourth-order valence-corrected chi connectivity index (χ4v) is 2.82. The number of rotatable bonds is 5. The van der Waals surface area contributed by atoms with Gasteiger partial charge in [-0.3, -0.25) is 9.48 Å². The first kappa shape index (κ1) is 17.0. The third-order valence-electron chi connectivity index (χ3n) is 4.16. The van der Waals surface area contributed by atoms with Crippen molar-refractivity contribution in [2.75, 3.05) is 26.2 Å². The highest BCUT2D eigenvalue weighted by molar-refractivity contribution is 5.93. The third-order valence-corrected chi connectivity index (χ3v) is 4.16. The zero-order valence-corrected chi connectivity index (χ0v) is 14.4. The van der Waals surface area contributed by atoms with Gasteiger partial charge < -0.3 is 10.2 Å². The van der Waals surface area contributed by atoms with Gasteiger partial charge in [-0.15, -0.1) is 0 Å². The number of hydrogen-bond acceptors (Lipinski definition) is 3. The Hall–Kier alpha value is -1.36. The van der Waals surface area contributed by atoms with Crippen LogP contribution in [0.3, 0.4) is 0 Å². The van der Waals surface area contributed by atoms with Crippen LogP contribution in [0.2, 0.25) is 0 Å². The van der Waals surface area contributed by atoms with Crippen molar-refractivity contribution in [2.45, 2.75) is 52.5 Å². The van der Waals surface area contributed by atoms with Crippen LogP contribution in [0.25, 0.3) is 0 Å². The van der Waals surface area contributed by atoms with Crippen LogP contribution in [0.15, 0.2) is 12.4 Å². The van der Waals surface area contributed by atoms with E-state index in [1.165, 1.54) is 32.4 Å². The molecule has 1 aromatic rings. The summed E-state index contributed by atoms with van der Waals surface area (Å²) >= 11 is 0. The molecule has 5 nitrogen and oxygen atoms in total. The second-order valence-corrected chi connectivity index (χ2v) is 7.52. The van der Waals surface area contributed by atoms with Crippen LogP contribution in [0.4, 0.5) is 0 Å². The SMILES string of the molecule is C[C@H](CNC(=O)c1cnn(C(C)(C)C)c1)CN1CCCCC1. The van der Waals surface area contributed by atoms with Gasteiger partial charge in [-0.1, -0.05) is 13.3 Å². The van der Waals surface area contributed by atoms with Crippen LogP contribution >= 0.6 is 0 Å². The Kier molecular flexibility index (Phi) is 5.62. The topological polar surface area (TPSA) is 50.2 Å². The summed E-state index contributed by atoms with van der Waals surface area (Å²) in [7, 11) is 0. The van der Waals surface area contributed by atoms with E-state index in [1.54, 1.807) is 6.20 Å². The molecule has 1 fully saturated rings. The van der Waals surface area contributed by atoms with E-state index in [0.717, 1.165) is 13.1 Å². The maximum Gasteiger partial charge on any atom is 0.254 e. The number of carbonyl (C=O) groups excluding carboxylic acids is 1. The predicted molar refractivity (Wildman–Crippen MR) is 89.0 cm³/mol. The Bertz CT molecular complexity index is 483. The average molecular weight is 306 g/mol. The minimum absolute atomic E-state index is 0.0269. The molecule has 0 spiro atoms. The summed E-state index contributed by atoms with van der Waals surface area (Å²) in [5.74, 6) is 0.445. The van der Waals surface area contributed by atoms with Gasteiger partial charge in [-0.05, 0) is 52.6 Å². The summed E-state index contributed by atoms with van der Waals surface area (Å²) in [6, 6.07) is 0. The van der Waals surface area contributed by atoms with E-state index in [0.29, 0.717) is 11.5 Å². The first-order valence-corrected chi connectivity index (χ1v) is 8.42. The van der Waals surface area contributed by atoms with E-state index in [2.05, 4.69) is 43.0 Å². The van der Waals surface area contributed by atoms with Crippen LogP contribution in [-0.4, -0.2) is 46.8 Å². The van der Waals surface area contributed by atoms with E-state index in [9.17, 15) is 4.79 Å². The smallest absolute Gasteiger partial charge is 0.254 e. The fraction of sp³-hybridized carbons (Fsp3) is 0.765. The van der Waals surface area contributed by atoms with Crippen LogP contribution in [0.5, 0.6) is 0 Å². The predicted octanol–water partition coefficient (Wildman–Crippen LogP) is 2.49. The Morgan fingerprint density at radius 3 is 2.59 bits per heavy atom. The van der Waals surface area contributed by atoms with Crippen molar-refractivity contribution in [1.29, 1.82) is 0 Å². The molecule has 0 aliphatic carbocycles. The lowest BCUT2D eigenvalue weighted by Gasteiger charge is -2.29. The largest absolute Gasteiger partial charge is 0.352 e. The average Bonchev–Trinajstić information content (AvgIpc) is 2.96. The lowest BCUT2D eigenvalue weighted by atomic mass is 10.1. The molecule has 1 aliphatic heterocycles. The summed E-state index contributed by atoms with van der Waals surface area (Å²) in [5.41, 5.74) is 0.542. The molecular weight excluding hydrogens is 276 g/mol. The van der Waals surface area contributed by atoms with Crippen molar-refractivity contribution in [3.05, 3.63) is 18.0 Å². The van der Waals surface area contributed by atoms with E-state index in [4.69, 9.17) is 0 Å². The molecule has 1 amide bonds. The maximum atomic E-state index is 12.2. The zero-order chi connectivity index (χ0) is 16.2. The van der Waals surface area contributed by atoms with Crippen molar-refractivity contribution in [1.82, 2.24) is 20.0 Å². The summed E-state index contributed by atoms with van der Waals surface area (Å²) < 4.78 is 1.83. The lowest BCUT2D eigenvalue weighted by Crippen LogP contribution is -2.38. The number of hydrogen-bond donors (Lipinski definition) is 1. The molecule has 0 bridgehead atoms. The Morgan fingerprint density at radius 2 is 2.00 bits per heavy atom. The first-order chi connectivity index (χ1) is 10.4. The van der Waals surface area contributed by atoms with E-state index in [1.807, 2.05) is 10.9 Å². The number of nitrogens with one attached hydrogen (secondary N) is 1. The minimum atomic E-state index is -0.0971. The Labute approximate surface area is 134 Å². The molecule has 1 N–H and O–H groups in total. The number of likely N-dealkylation sites (tertiary alicyclic amines) is 1. The van der Waals surface area contributed by atoms with Crippen molar-refractivity contribution in [3.8, 4) is 0 Å². The summed E-state index contributed by atoms with van der Waals surface area (Å²) in [5, 5.41) is 7.31. The zero-order valence-electron chi connectivity index (χ0n) is 14.4. The molecule has 0 radical (unpaired) electrons. The molecule has 1 aromatic heterocycles. The first-order valence-electron chi connectivity index (χ1n) is 8.42. The van der Waals surface area contributed by atoms with Crippen LogP contribution in [-0.2, 0) is 5.54 Å². The molecule has 22 heavy (non-hydrogen) atoms. The number of nitrogens with zero attached hydrogens (tertiary/aromatic N) is 3. The van der Waals surface area contributed by atoms with Gasteiger partial charge >= 0.3 is 0 Å². The molecule has 1 atom stereocenters. The van der Waals surface area contributed by atoms with Crippen LogP contribution < -0.4 is 5.32 Å². The molecule has 0 saturated carbocycles. The molecule has 0 unspecified atom stereocenters. The highest BCUT2D eigenvalue weighted by Gasteiger charge is 2.18. The van der Waals surface area contributed by atoms with Crippen molar-refractivity contribution < 1.29 is 4.79 Å². The third kappa shape index (κ3) is 4.83. The second-order valence-electron chi connectivity index (χ2n) is 7.52. The Morgan fingerprint density at radius 1 is 1.32 bits per heavy atom. The molecule has 5 heteroatoms. The quantitative estimate of drug-likeness (QED) is 0.909. The van der Waals surface area contributed by atoms with Crippen LogP contribution in [0, 0.1) is 5.92 Å². The monoisotopic (exact) mass is 306 g/mol. The van der Waals surface area contributed by atoms with E-state index in [-0.39, 0.29) is 11.4 Å². The summed E-state index contributed by atoms with van der Waals surface area (Å²) in [6.45, 7) is 12.6. The van der Waals surface area contributed by atoms with Crippen LogP contribution in [0.1, 0.15) is 57.3 Å². The molecule has 1 aliphatic rings. The van der Waals surface area contributed by atoms with Crippen molar-refractivity contribution >= 4 is 5.91 Å². The lowest BCUT2D eigenvalue weighted by molar-refractivity contribution is 0.0942. The minimum Gasteiger partial charge on any atom is -0.352 e. The Balaban J connectivity index is 1.78. The van der Waals surface area contributed by atoms with E-state index >= 15 is 0 Å². The van der Waals surface area contributed by atoms with Gasteiger partial charge in [0.05, 0.1) is 17.3 Å². The fourth-order valence-electron chi connectivity index (χ4n) is 2.82. The van der Waals surface area contributed by atoms with Gasteiger partial charge in [-0.2, -0.15) is 5.10 Å². The van der Waals surface area contributed by atoms with Gasteiger partial charge in [0.1, 0.15) is 0 Å².